The normalized spacial score (nSPS) is 13.5. The Morgan fingerprint density at radius 2 is 1.89 bits per heavy atom. The minimum atomic E-state index is -0.184. The van der Waals surface area contributed by atoms with Gasteiger partial charge in [-0.05, 0) is 23.1 Å². The van der Waals surface area contributed by atoms with E-state index in [9.17, 15) is 4.79 Å². The van der Waals surface area contributed by atoms with Crippen LogP contribution in [-0.2, 0) is 26.1 Å². The van der Waals surface area contributed by atoms with E-state index in [1.807, 2.05) is 12.1 Å². The van der Waals surface area contributed by atoms with Crippen molar-refractivity contribution in [3.8, 4) is 5.75 Å². The third-order valence-electron chi connectivity index (χ3n) is 4.90. The third-order valence-corrected chi connectivity index (χ3v) is 4.90. The van der Waals surface area contributed by atoms with Crippen LogP contribution in [0.15, 0.2) is 70.1 Å². The lowest BCUT2D eigenvalue weighted by Crippen LogP contribution is -2.30. The van der Waals surface area contributed by atoms with Crippen LogP contribution < -0.4 is 10.2 Å². The number of ether oxygens (including phenoxy) is 1. The Labute approximate surface area is 163 Å². The monoisotopic (exact) mass is 372 g/mol. The highest BCUT2D eigenvalue weighted by Crippen LogP contribution is 2.20. The lowest BCUT2D eigenvalue weighted by Gasteiger charge is -2.28. The van der Waals surface area contributed by atoms with E-state index in [0.29, 0.717) is 18.0 Å². The quantitative estimate of drug-likeness (QED) is 0.626. The zero-order valence-electron chi connectivity index (χ0n) is 15.4. The van der Waals surface area contributed by atoms with Gasteiger partial charge in [-0.3, -0.25) is 9.69 Å². The van der Waals surface area contributed by atoms with E-state index in [1.165, 1.54) is 23.5 Å². The number of fused-ring (bicyclic) bond motifs is 1. The fourth-order valence-corrected chi connectivity index (χ4v) is 3.36. The molecule has 4 rings (SSSR count). The van der Waals surface area contributed by atoms with Crippen molar-refractivity contribution in [1.29, 1.82) is 0 Å². The summed E-state index contributed by atoms with van der Waals surface area (Å²) in [6, 6.07) is 17.1. The Hall–Kier alpha value is -3.36. The highest BCUT2D eigenvalue weighted by Gasteiger charge is 2.17. The molecular formula is C23H20N2O3. The second-order valence-corrected chi connectivity index (χ2v) is 6.87. The van der Waals surface area contributed by atoms with Crippen LogP contribution in [-0.4, -0.2) is 11.4 Å². The van der Waals surface area contributed by atoms with Crippen molar-refractivity contribution in [2.45, 2.75) is 26.1 Å². The summed E-state index contributed by atoms with van der Waals surface area (Å²) >= 11 is 0. The smallest absolute Gasteiger partial charge is 0.227 e. The average Bonchev–Trinajstić information content (AvgIpc) is 2.73. The van der Waals surface area contributed by atoms with E-state index in [1.54, 1.807) is 12.1 Å². The van der Waals surface area contributed by atoms with E-state index in [0.717, 1.165) is 25.1 Å². The standard InChI is InChI=1S/C23H20N2O3/c1-24-20-8-6-17(7-9-20)15-28-23-16-27-21(12-22(23)26)14-25-11-10-18-4-2-3-5-19(18)13-25/h2-9,12,16H,10-11,13-15H2. The maximum absolute atomic E-state index is 12.4. The summed E-state index contributed by atoms with van der Waals surface area (Å²) in [7, 11) is 0. The molecule has 1 aromatic heterocycles. The number of hydrogen-bond acceptors (Lipinski definition) is 4. The highest BCUT2D eigenvalue weighted by atomic mass is 16.5. The Balaban J connectivity index is 1.38. The molecule has 0 atom stereocenters. The van der Waals surface area contributed by atoms with E-state index in [4.69, 9.17) is 15.7 Å². The minimum Gasteiger partial charge on any atom is -0.482 e. The highest BCUT2D eigenvalue weighted by molar-refractivity contribution is 5.45. The van der Waals surface area contributed by atoms with Gasteiger partial charge in [0.1, 0.15) is 18.6 Å². The fourth-order valence-electron chi connectivity index (χ4n) is 3.36. The minimum absolute atomic E-state index is 0.184. The first-order valence-corrected chi connectivity index (χ1v) is 9.21. The summed E-state index contributed by atoms with van der Waals surface area (Å²) in [5.74, 6) is 0.833. The lowest BCUT2D eigenvalue weighted by molar-refractivity contribution is 0.220. The van der Waals surface area contributed by atoms with Gasteiger partial charge in [-0.25, -0.2) is 4.85 Å². The van der Waals surface area contributed by atoms with Gasteiger partial charge >= 0.3 is 0 Å². The molecule has 0 N–H and O–H groups in total. The predicted molar refractivity (Wildman–Crippen MR) is 106 cm³/mol. The van der Waals surface area contributed by atoms with Crippen LogP contribution in [0.3, 0.4) is 0 Å². The number of nitrogens with zero attached hydrogens (tertiary/aromatic N) is 2. The van der Waals surface area contributed by atoms with Crippen molar-refractivity contribution in [2.24, 2.45) is 0 Å². The number of rotatable bonds is 5. The first kappa shape index (κ1) is 18.0. The fraction of sp³-hybridized carbons (Fsp3) is 0.217. The molecule has 2 aromatic carbocycles. The van der Waals surface area contributed by atoms with Gasteiger partial charge in [-0.2, -0.15) is 0 Å². The molecule has 28 heavy (non-hydrogen) atoms. The second kappa shape index (κ2) is 8.12. The van der Waals surface area contributed by atoms with Crippen LogP contribution in [0.5, 0.6) is 5.75 Å². The van der Waals surface area contributed by atoms with Gasteiger partial charge in [0.05, 0.1) is 13.1 Å². The summed E-state index contributed by atoms with van der Waals surface area (Å²) in [5, 5.41) is 0. The molecule has 0 saturated carbocycles. The van der Waals surface area contributed by atoms with Gasteiger partial charge in [-0.1, -0.05) is 48.5 Å². The van der Waals surface area contributed by atoms with Gasteiger partial charge in [0.25, 0.3) is 0 Å². The predicted octanol–water partition coefficient (Wildman–Crippen LogP) is 4.33. The SMILES string of the molecule is [C-]#[N+]c1ccc(COc2coc(CN3CCc4ccccc4C3)cc2=O)cc1. The van der Waals surface area contributed by atoms with Gasteiger partial charge in [0.15, 0.2) is 5.69 Å². The Bertz CT molecular complexity index is 1060. The Morgan fingerprint density at radius 1 is 1.11 bits per heavy atom. The average molecular weight is 372 g/mol. The van der Waals surface area contributed by atoms with E-state index < -0.39 is 0 Å². The summed E-state index contributed by atoms with van der Waals surface area (Å²) in [5.41, 5.74) is 4.01. The van der Waals surface area contributed by atoms with Crippen LogP contribution in [0.1, 0.15) is 22.5 Å². The molecule has 1 aliphatic rings. The topological polar surface area (TPSA) is 47.0 Å². The number of hydrogen-bond donors (Lipinski definition) is 0. The summed E-state index contributed by atoms with van der Waals surface area (Å²) in [6.07, 6.45) is 2.40. The molecule has 0 bridgehead atoms. The van der Waals surface area contributed by atoms with Crippen LogP contribution in [0.2, 0.25) is 0 Å². The Morgan fingerprint density at radius 3 is 2.64 bits per heavy atom. The first-order valence-electron chi connectivity index (χ1n) is 9.21. The molecule has 140 valence electrons. The molecule has 0 radical (unpaired) electrons. The van der Waals surface area contributed by atoms with Crippen molar-refractivity contribution < 1.29 is 9.15 Å². The molecule has 0 amide bonds. The molecule has 0 saturated heterocycles. The van der Waals surface area contributed by atoms with Crippen LogP contribution in [0, 0.1) is 6.57 Å². The summed E-state index contributed by atoms with van der Waals surface area (Å²) in [4.78, 5) is 18.0. The van der Waals surface area contributed by atoms with Crippen LogP contribution in [0.4, 0.5) is 5.69 Å². The Kier molecular flexibility index (Phi) is 5.22. The summed E-state index contributed by atoms with van der Waals surface area (Å²) in [6.45, 7) is 9.62. The van der Waals surface area contributed by atoms with Crippen molar-refractivity contribution in [1.82, 2.24) is 4.90 Å². The van der Waals surface area contributed by atoms with E-state index >= 15 is 0 Å². The maximum Gasteiger partial charge on any atom is 0.227 e. The molecule has 5 heteroatoms. The van der Waals surface area contributed by atoms with E-state index in [-0.39, 0.29) is 17.8 Å². The van der Waals surface area contributed by atoms with Crippen molar-refractivity contribution in [2.75, 3.05) is 6.54 Å². The van der Waals surface area contributed by atoms with E-state index in [2.05, 4.69) is 34.0 Å². The van der Waals surface area contributed by atoms with Gasteiger partial charge in [0, 0.05) is 19.2 Å². The number of benzene rings is 2. The van der Waals surface area contributed by atoms with Gasteiger partial charge in [0.2, 0.25) is 11.2 Å². The van der Waals surface area contributed by atoms with Gasteiger partial charge < -0.3 is 9.15 Å². The van der Waals surface area contributed by atoms with Crippen LogP contribution in [0.25, 0.3) is 4.85 Å². The van der Waals surface area contributed by atoms with Crippen molar-refractivity contribution in [3.05, 3.63) is 105 Å². The molecular weight excluding hydrogens is 352 g/mol. The first-order chi connectivity index (χ1) is 13.7. The maximum atomic E-state index is 12.4. The molecule has 0 unspecified atom stereocenters. The molecule has 5 nitrogen and oxygen atoms in total. The van der Waals surface area contributed by atoms with Gasteiger partial charge in [-0.15, -0.1) is 0 Å². The molecule has 0 fully saturated rings. The summed E-state index contributed by atoms with van der Waals surface area (Å²) < 4.78 is 11.2. The zero-order valence-corrected chi connectivity index (χ0v) is 15.4. The molecule has 0 aliphatic carbocycles. The molecule has 1 aliphatic heterocycles. The van der Waals surface area contributed by atoms with Crippen molar-refractivity contribution in [3.63, 3.8) is 0 Å². The third kappa shape index (κ3) is 4.13. The van der Waals surface area contributed by atoms with Crippen molar-refractivity contribution >= 4 is 5.69 Å². The molecule has 3 aromatic rings. The molecule has 0 spiro atoms. The molecule has 2 heterocycles. The van der Waals surface area contributed by atoms with Crippen LogP contribution >= 0.6 is 0 Å². The zero-order chi connectivity index (χ0) is 19.3. The largest absolute Gasteiger partial charge is 0.482 e. The second-order valence-electron chi connectivity index (χ2n) is 6.87. The lowest BCUT2D eigenvalue weighted by atomic mass is 10.00.